The maximum absolute atomic E-state index is 10.7. The van der Waals surface area contributed by atoms with E-state index < -0.39 is 9.67 Å². The normalized spacial score (nSPS) is 12.9. The minimum Gasteiger partial charge on any atom is -0.258 e. The molecular weight excluding hydrogens is 336 g/mol. The highest BCUT2D eigenvalue weighted by Crippen LogP contribution is 2.70. The van der Waals surface area contributed by atoms with Crippen LogP contribution in [-0.2, 0) is 11.8 Å². The fourth-order valence-electron chi connectivity index (χ4n) is 1.95. The van der Waals surface area contributed by atoms with Gasteiger partial charge in [0.15, 0.2) is 0 Å². The molecule has 2 rings (SSSR count). The van der Waals surface area contributed by atoms with E-state index in [4.69, 9.17) is 34.3 Å². The number of non-ortho nitro benzene ring substituents is 1. The second kappa shape index (κ2) is 6.23. The fourth-order valence-corrected chi connectivity index (χ4v) is 5.07. The van der Waals surface area contributed by atoms with Gasteiger partial charge in [0.1, 0.15) is 4.74 Å². The zero-order chi connectivity index (χ0) is 14.8. The lowest BCUT2D eigenvalue weighted by atomic mass is 10.0. The quantitative estimate of drug-likeness (QED) is 0.419. The molecular formula is C13H10Cl2NO2PS. The third kappa shape index (κ3) is 3.58. The predicted molar refractivity (Wildman–Crippen MR) is 87.4 cm³/mol. The molecule has 0 aliphatic rings. The summed E-state index contributed by atoms with van der Waals surface area (Å²) in [6, 6.07) is 15.6. The summed E-state index contributed by atoms with van der Waals surface area (Å²) in [6.07, 6.45) is 0. The van der Waals surface area contributed by atoms with Crippen molar-refractivity contribution in [2.45, 2.75) is 5.66 Å². The van der Waals surface area contributed by atoms with Crippen molar-refractivity contribution in [2.75, 3.05) is 0 Å². The molecule has 7 heteroatoms. The molecule has 0 bridgehead atoms. The maximum atomic E-state index is 10.7. The van der Waals surface area contributed by atoms with Gasteiger partial charge in [-0.05, 0) is 11.1 Å². The Kier molecular flexibility index (Phi) is 4.82. The van der Waals surface area contributed by atoms with E-state index in [2.05, 4.69) is 0 Å². The van der Waals surface area contributed by atoms with Gasteiger partial charge in [0, 0.05) is 12.1 Å². The molecule has 0 N–H and O–H groups in total. The molecule has 0 fully saturated rings. The van der Waals surface area contributed by atoms with E-state index in [1.165, 1.54) is 12.1 Å². The van der Waals surface area contributed by atoms with Gasteiger partial charge in [-0.25, -0.2) is 0 Å². The average molecular weight is 346 g/mol. The lowest BCUT2D eigenvalue weighted by Crippen LogP contribution is -1.98. The van der Waals surface area contributed by atoms with Crippen LogP contribution in [0.15, 0.2) is 54.6 Å². The molecule has 20 heavy (non-hydrogen) atoms. The van der Waals surface area contributed by atoms with Crippen LogP contribution in [0.1, 0.15) is 16.8 Å². The zero-order valence-corrected chi connectivity index (χ0v) is 13.4. The van der Waals surface area contributed by atoms with Crippen LogP contribution in [0.4, 0.5) is 5.69 Å². The molecule has 0 amide bonds. The van der Waals surface area contributed by atoms with Crippen molar-refractivity contribution in [1.82, 2.24) is 0 Å². The second-order valence-electron chi connectivity index (χ2n) is 4.16. The first-order valence-electron chi connectivity index (χ1n) is 5.68. The van der Waals surface area contributed by atoms with Crippen LogP contribution in [0.2, 0.25) is 0 Å². The minimum atomic E-state index is -2.65. The van der Waals surface area contributed by atoms with Crippen LogP contribution >= 0.6 is 27.2 Å². The molecule has 0 saturated heterocycles. The van der Waals surface area contributed by atoms with Crippen molar-refractivity contribution in [1.29, 1.82) is 0 Å². The van der Waals surface area contributed by atoms with Crippen LogP contribution in [0.25, 0.3) is 0 Å². The van der Waals surface area contributed by atoms with Crippen molar-refractivity contribution in [3.8, 4) is 0 Å². The van der Waals surface area contributed by atoms with E-state index in [1.54, 1.807) is 12.1 Å². The van der Waals surface area contributed by atoms with Gasteiger partial charge in [0.05, 0.1) is 10.6 Å². The molecule has 0 saturated carbocycles. The summed E-state index contributed by atoms with van der Waals surface area (Å²) in [7, 11) is 0. The first kappa shape index (κ1) is 15.5. The highest BCUT2D eigenvalue weighted by atomic mass is 35.9. The van der Waals surface area contributed by atoms with E-state index >= 15 is 0 Å². The Labute approximate surface area is 131 Å². The highest BCUT2D eigenvalue weighted by Gasteiger charge is 2.28. The summed E-state index contributed by atoms with van der Waals surface area (Å²) in [5.74, 6) is 0. The van der Waals surface area contributed by atoms with Gasteiger partial charge in [0.25, 0.3) is 5.69 Å². The van der Waals surface area contributed by atoms with Crippen molar-refractivity contribution in [3.63, 3.8) is 0 Å². The molecule has 2 aromatic rings. The summed E-state index contributed by atoms with van der Waals surface area (Å²) < 4.78 is -2.65. The maximum Gasteiger partial charge on any atom is 0.269 e. The Hall–Kier alpha value is -0.930. The van der Waals surface area contributed by atoms with Gasteiger partial charge >= 0.3 is 0 Å². The number of nitro benzene ring substituents is 1. The topological polar surface area (TPSA) is 43.1 Å². The number of benzene rings is 2. The minimum absolute atomic E-state index is 0.0259. The smallest absolute Gasteiger partial charge is 0.258 e. The average Bonchev–Trinajstić information content (AvgIpc) is 2.39. The molecule has 0 aliphatic carbocycles. The fraction of sp³-hybridized carbons (Fsp3) is 0.0769. The predicted octanol–water partition coefficient (Wildman–Crippen LogP) is 5.47. The molecule has 1 atom stereocenters. The third-order valence-corrected chi connectivity index (χ3v) is 5.84. The molecule has 0 aliphatic heterocycles. The Bertz CT molecular complexity index is 658. The summed E-state index contributed by atoms with van der Waals surface area (Å²) in [6.45, 7) is 0. The molecule has 3 nitrogen and oxygen atoms in total. The van der Waals surface area contributed by atoms with Crippen molar-refractivity contribution >= 4 is 44.7 Å². The number of hydrogen-bond donors (Lipinski definition) is 0. The SMILES string of the molecule is O=[N+]([O-])c1ccc(C(c2ccccc2)P(=S)(Cl)Cl)cc1. The summed E-state index contributed by atoms with van der Waals surface area (Å²) in [5.41, 5.74) is 1.39. The van der Waals surface area contributed by atoms with Crippen molar-refractivity contribution in [3.05, 3.63) is 75.8 Å². The lowest BCUT2D eigenvalue weighted by molar-refractivity contribution is -0.384. The Morgan fingerprint density at radius 3 is 1.95 bits per heavy atom. The van der Waals surface area contributed by atoms with Crippen LogP contribution in [0.3, 0.4) is 0 Å². The van der Waals surface area contributed by atoms with Crippen molar-refractivity contribution in [2.24, 2.45) is 0 Å². The van der Waals surface area contributed by atoms with Crippen molar-refractivity contribution < 1.29 is 4.92 Å². The van der Waals surface area contributed by atoms with Gasteiger partial charge < -0.3 is 0 Å². The number of nitro groups is 1. The van der Waals surface area contributed by atoms with E-state index in [9.17, 15) is 10.1 Å². The van der Waals surface area contributed by atoms with E-state index in [1.807, 2.05) is 30.3 Å². The molecule has 1 unspecified atom stereocenters. The summed E-state index contributed by atoms with van der Waals surface area (Å²) in [4.78, 5) is 10.2. The lowest BCUT2D eigenvalue weighted by Gasteiger charge is -2.21. The van der Waals surface area contributed by atoms with Gasteiger partial charge in [-0.15, -0.1) is 0 Å². The number of rotatable bonds is 4. The van der Waals surface area contributed by atoms with Gasteiger partial charge in [-0.3, -0.25) is 10.1 Å². The molecule has 0 spiro atoms. The molecule has 104 valence electrons. The van der Waals surface area contributed by atoms with Gasteiger partial charge in [0.2, 0.25) is 0 Å². The molecule has 0 radical (unpaired) electrons. The highest BCUT2D eigenvalue weighted by molar-refractivity contribution is 8.39. The van der Waals surface area contributed by atoms with Crippen LogP contribution < -0.4 is 0 Å². The Morgan fingerprint density at radius 2 is 1.50 bits per heavy atom. The standard InChI is InChI=1S/C13H10Cl2NO2PS/c14-19(15,20)13(10-4-2-1-3-5-10)11-6-8-12(9-7-11)16(17)18/h1-9,13H. The number of hydrogen-bond acceptors (Lipinski definition) is 3. The first-order valence-corrected chi connectivity index (χ1v) is 10.4. The van der Waals surface area contributed by atoms with Crippen LogP contribution in [0, 0.1) is 10.1 Å². The van der Waals surface area contributed by atoms with Gasteiger partial charge in [-0.1, -0.05) is 76.8 Å². The van der Waals surface area contributed by atoms with E-state index in [0.29, 0.717) is 0 Å². The second-order valence-corrected chi connectivity index (χ2v) is 12.3. The Morgan fingerprint density at radius 1 is 1.00 bits per heavy atom. The van der Waals surface area contributed by atoms with Gasteiger partial charge in [-0.2, -0.15) is 0 Å². The largest absolute Gasteiger partial charge is 0.269 e. The first-order chi connectivity index (χ1) is 9.39. The molecule has 0 heterocycles. The number of nitrogens with zero attached hydrogens (tertiary/aromatic N) is 1. The molecule has 0 aromatic heterocycles. The number of halogens is 2. The van der Waals surface area contributed by atoms with E-state index in [0.717, 1.165) is 11.1 Å². The summed E-state index contributed by atoms with van der Waals surface area (Å²) in [5, 5.41) is 10.7. The molecule has 2 aromatic carbocycles. The zero-order valence-electron chi connectivity index (χ0n) is 10.1. The Balaban J connectivity index is 2.48. The van der Waals surface area contributed by atoms with E-state index in [-0.39, 0.29) is 11.3 Å². The third-order valence-electron chi connectivity index (χ3n) is 2.84. The monoisotopic (exact) mass is 345 g/mol. The van der Waals surface area contributed by atoms with Crippen LogP contribution in [0.5, 0.6) is 0 Å². The summed E-state index contributed by atoms with van der Waals surface area (Å²) >= 11 is 17.7. The van der Waals surface area contributed by atoms with Crippen LogP contribution in [-0.4, -0.2) is 4.92 Å².